The van der Waals surface area contributed by atoms with Gasteiger partial charge in [-0.05, 0) is 19.3 Å². The Labute approximate surface area is 89.6 Å². The summed E-state index contributed by atoms with van der Waals surface area (Å²) >= 11 is 5.96. The second kappa shape index (κ2) is 2.76. The highest BCUT2D eigenvalue weighted by atomic mass is 32.3. The van der Waals surface area contributed by atoms with Gasteiger partial charge in [0.15, 0.2) is 0 Å². The van der Waals surface area contributed by atoms with E-state index in [1.165, 1.54) is 0 Å². The Balaban J connectivity index is 1.95. The number of carboxylic acid groups (broad SMARTS) is 1. The maximum atomic E-state index is 11.2. The SMILES string of the molecule is O=C(O)C12CC3SC(C1)SC(C2)S3. The zero-order valence-corrected chi connectivity index (χ0v) is 9.38. The first kappa shape index (κ1) is 8.80. The third-order valence-corrected chi connectivity index (χ3v) is 7.86. The molecule has 5 heteroatoms. The van der Waals surface area contributed by atoms with Gasteiger partial charge in [0.05, 0.1) is 19.2 Å². The average Bonchev–Trinajstić information content (AvgIpc) is 2.00. The maximum absolute atomic E-state index is 11.2. The van der Waals surface area contributed by atoms with Crippen LogP contribution in [0.15, 0.2) is 0 Å². The topological polar surface area (TPSA) is 37.3 Å². The van der Waals surface area contributed by atoms with E-state index in [0.29, 0.717) is 13.7 Å². The van der Waals surface area contributed by atoms with Crippen molar-refractivity contribution in [2.75, 3.05) is 0 Å². The van der Waals surface area contributed by atoms with Gasteiger partial charge in [0.1, 0.15) is 0 Å². The summed E-state index contributed by atoms with van der Waals surface area (Å²) < 4.78 is 1.69. The quantitative estimate of drug-likeness (QED) is 0.754. The van der Waals surface area contributed by atoms with E-state index < -0.39 is 5.97 Å². The first-order chi connectivity index (χ1) is 6.18. The molecule has 1 N–H and O–H groups in total. The monoisotopic (exact) mass is 234 g/mol. The molecule has 4 bridgehead atoms. The first-order valence-electron chi connectivity index (χ1n) is 4.38. The molecule has 0 spiro atoms. The minimum atomic E-state index is -0.548. The summed E-state index contributed by atoms with van der Waals surface area (Å²) in [7, 11) is 0. The van der Waals surface area contributed by atoms with Crippen LogP contribution in [-0.4, -0.2) is 24.8 Å². The number of thioether (sulfide) groups is 3. The van der Waals surface area contributed by atoms with Crippen molar-refractivity contribution in [2.24, 2.45) is 5.41 Å². The largest absolute Gasteiger partial charge is 0.481 e. The van der Waals surface area contributed by atoms with E-state index in [-0.39, 0.29) is 5.41 Å². The fraction of sp³-hybridized carbons (Fsp3) is 0.875. The lowest BCUT2D eigenvalue weighted by Crippen LogP contribution is -2.48. The van der Waals surface area contributed by atoms with Gasteiger partial charge in [-0.1, -0.05) is 0 Å². The van der Waals surface area contributed by atoms with Gasteiger partial charge >= 0.3 is 5.97 Å². The van der Waals surface area contributed by atoms with Crippen LogP contribution in [-0.2, 0) is 4.79 Å². The Bertz CT molecular complexity index is 231. The van der Waals surface area contributed by atoms with E-state index in [1.54, 1.807) is 0 Å². The standard InChI is InChI=1S/C8H10O2S3/c9-7(10)8-1-4-11-5(2-8)13-6(3-8)12-4/h4-6H,1-3H2,(H,9,10). The van der Waals surface area contributed by atoms with Crippen LogP contribution in [0.2, 0.25) is 0 Å². The molecule has 0 unspecified atom stereocenters. The Morgan fingerprint density at radius 1 is 1.08 bits per heavy atom. The lowest BCUT2D eigenvalue weighted by molar-refractivity contribution is -0.150. The third kappa shape index (κ3) is 1.23. The van der Waals surface area contributed by atoms with Gasteiger partial charge in [-0.2, -0.15) is 0 Å². The second-order valence-electron chi connectivity index (χ2n) is 3.89. The molecule has 4 fully saturated rings. The van der Waals surface area contributed by atoms with Gasteiger partial charge in [-0.3, -0.25) is 4.79 Å². The van der Waals surface area contributed by atoms with Crippen molar-refractivity contribution in [1.29, 1.82) is 0 Å². The van der Waals surface area contributed by atoms with Gasteiger partial charge in [0, 0.05) is 0 Å². The van der Waals surface area contributed by atoms with Crippen LogP contribution in [0.4, 0.5) is 0 Å². The van der Waals surface area contributed by atoms with Crippen LogP contribution in [0.1, 0.15) is 19.3 Å². The van der Waals surface area contributed by atoms with Crippen LogP contribution < -0.4 is 0 Å². The summed E-state index contributed by atoms with van der Waals surface area (Å²) in [6, 6.07) is 0. The van der Waals surface area contributed by atoms with Crippen LogP contribution in [0.5, 0.6) is 0 Å². The van der Waals surface area contributed by atoms with Gasteiger partial charge in [-0.15, -0.1) is 35.3 Å². The number of aliphatic carboxylic acids is 1. The van der Waals surface area contributed by atoms with Crippen molar-refractivity contribution in [1.82, 2.24) is 0 Å². The highest BCUT2D eigenvalue weighted by molar-refractivity contribution is 8.33. The van der Waals surface area contributed by atoms with Gasteiger partial charge in [-0.25, -0.2) is 0 Å². The summed E-state index contributed by atoms with van der Waals surface area (Å²) in [4.78, 5) is 11.2. The van der Waals surface area contributed by atoms with E-state index in [2.05, 4.69) is 0 Å². The molecular formula is C8H10O2S3. The van der Waals surface area contributed by atoms with E-state index in [1.807, 2.05) is 35.3 Å². The summed E-state index contributed by atoms with van der Waals surface area (Å²) in [5.41, 5.74) is -0.345. The molecule has 4 heterocycles. The summed E-state index contributed by atoms with van der Waals surface area (Å²) in [5.74, 6) is -0.548. The van der Waals surface area contributed by atoms with E-state index in [9.17, 15) is 9.90 Å². The molecule has 4 rings (SSSR count). The molecule has 0 aromatic rings. The number of hydrogen-bond acceptors (Lipinski definition) is 4. The highest BCUT2D eigenvalue weighted by Crippen LogP contribution is 2.66. The minimum Gasteiger partial charge on any atom is -0.481 e. The number of rotatable bonds is 1. The van der Waals surface area contributed by atoms with Crippen molar-refractivity contribution in [2.45, 2.75) is 33.0 Å². The third-order valence-electron chi connectivity index (χ3n) is 3.04. The van der Waals surface area contributed by atoms with Crippen molar-refractivity contribution in [3.05, 3.63) is 0 Å². The van der Waals surface area contributed by atoms with E-state index >= 15 is 0 Å². The van der Waals surface area contributed by atoms with Crippen LogP contribution in [0.25, 0.3) is 0 Å². The Morgan fingerprint density at radius 3 is 1.77 bits per heavy atom. The summed E-state index contributed by atoms with van der Waals surface area (Å²) in [6.45, 7) is 0. The molecule has 72 valence electrons. The number of carbonyl (C=O) groups is 1. The molecule has 2 nitrogen and oxygen atoms in total. The molecule has 0 radical (unpaired) electrons. The van der Waals surface area contributed by atoms with E-state index in [0.717, 1.165) is 19.3 Å². The van der Waals surface area contributed by atoms with Crippen LogP contribution in [0.3, 0.4) is 0 Å². The summed E-state index contributed by atoms with van der Waals surface area (Å²) in [5, 5.41) is 9.25. The van der Waals surface area contributed by atoms with Gasteiger partial charge < -0.3 is 5.11 Å². The van der Waals surface area contributed by atoms with Crippen LogP contribution >= 0.6 is 35.3 Å². The molecule has 13 heavy (non-hydrogen) atoms. The lowest BCUT2D eigenvalue weighted by Gasteiger charge is -2.52. The zero-order valence-electron chi connectivity index (χ0n) is 6.93. The van der Waals surface area contributed by atoms with Crippen molar-refractivity contribution >= 4 is 41.3 Å². The van der Waals surface area contributed by atoms with Gasteiger partial charge in [0.25, 0.3) is 0 Å². The minimum absolute atomic E-state index is 0.345. The van der Waals surface area contributed by atoms with E-state index in [4.69, 9.17) is 0 Å². The average molecular weight is 234 g/mol. The molecule has 0 aliphatic carbocycles. The first-order valence-corrected chi connectivity index (χ1v) is 7.21. The molecule has 0 aromatic heterocycles. The Kier molecular flexibility index (Phi) is 1.87. The van der Waals surface area contributed by atoms with Crippen molar-refractivity contribution < 1.29 is 9.90 Å². The maximum Gasteiger partial charge on any atom is 0.309 e. The number of hydrogen-bond donors (Lipinski definition) is 1. The molecule has 0 aromatic carbocycles. The fourth-order valence-electron chi connectivity index (χ4n) is 2.36. The fourth-order valence-corrected chi connectivity index (χ4v) is 9.69. The van der Waals surface area contributed by atoms with Gasteiger partial charge in [0.2, 0.25) is 0 Å². The predicted molar refractivity (Wildman–Crippen MR) is 58.1 cm³/mol. The molecule has 4 aliphatic rings. The summed E-state index contributed by atoms with van der Waals surface area (Å²) in [6.07, 6.45) is 2.68. The second-order valence-corrected chi connectivity index (χ2v) is 9.02. The smallest absolute Gasteiger partial charge is 0.309 e. The molecular weight excluding hydrogens is 224 g/mol. The molecule has 0 amide bonds. The molecule has 0 saturated carbocycles. The Hall–Kier alpha value is 0.520. The van der Waals surface area contributed by atoms with Crippen molar-refractivity contribution in [3.63, 3.8) is 0 Å². The van der Waals surface area contributed by atoms with Crippen LogP contribution in [0, 0.1) is 5.41 Å². The Morgan fingerprint density at radius 2 is 1.46 bits per heavy atom. The number of carboxylic acids is 1. The predicted octanol–water partition coefficient (Wildman–Crippen LogP) is 2.45. The zero-order chi connectivity index (χ0) is 9.05. The molecule has 4 saturated heterocycles. The lowest BCUT2D eigenvalue weighted by atomic mass is 9.78. The highest BCUT2D eigenvalue weighted by Gasteiger charge is 2.56. The normalized spacial score (nSPS) is 52.5. The molecule has 4 aliphatic heterocycles. The van der Waals surface area contributed by atoms with Crippen molar-refractivity contribution in [3.8, 4) is 0 Å². The molecule has 0 atom stereocenters.